The number of carbonyl (C=O) groups excluding carboxylic acids is 1. The summed E-state index contributed by atoms with van der Waals surface area (Å²) in [5.41, 5.74) is 0. The SMILES string of the molecule is CCCCCCCCCCCC/C=C/CC/C=C/CC/C=C/C(O)C(COP(=O)(O)OCC[N+](C)(C)C)NC(=O)CCCCCCCCCCC/C=C\CCCCCCCCCCCCCC. The van der Waals surface area contributed by atoms with Gasteiger partial charge in [0.05, 0.1) is 39.9 Å². The number of likely N-dealkylation sites (N-methyl/N-ethyl adjacent to an activating group) is 1. The Morgan fingerprint density at radius 2 is 0.821 bits per heavy atom. The van der Waals surface area contributed by atoms with E-state index in [-0.39, 0.29) is 19.1 Å². The topological polar surface area (TPSA) is 105 Å². The lowest BCUT2D eigenvalue weighted by Crippen LogP contribution is -2.45. The van der Waals surface area contributed by atoms with Crippen molar-refractivity contribution < 1.29 is 32.9 Å². The minimum atomic E-state index is -4.36. The molecule has 394 valence electrons. The molecule has 0 aliphatic carbocycles. The van der Waals surface area contributed by atoms with Crippen molar-refractivity contribution >= 4 is 13.7 Å². The molecule has 3 atom stereocenters. The molecule has 0 rings (SSSR count). The van der Waals surface area contributed by atoms with Crippen molar-refractivity contribution in [2.75, 3.05) is 40.9 Å². The van der Waals surface area contributed by atoms with Crippen LogP contribution in [-0.4, -0.2) is 73.4 Å². The van der Waals surface area contributed by atoms with Crippen LogP contribution in [0, 0.1) is 0 Å². The summed E-state index contributed by atoms with van der Waals surface area (Å²) in [4.78, 5) is 23.3. The van der Waals surface area contributed by atoms with Crippen LogP contribution in [0.4, 0.5) is 0 Å². The largest absolute Gasteiger partial charge is 0.472 e. The van der Waals surface area contributed by atoms with Gasteiger partial charge < -0.3 is 19.8 Å². The molecule has 0 aliphatic heterocycles. The van der Waals surface area contributed by atoms with Gasteiger partial charge in [-0.25, -0.2) is 4.57 Å². The van der Waals surface area contributed by atoms with Crippen LogP contribution >= 0.6 is 7.82 Å². The Hall–Kier alpha value is -1.54. The van der Waals surface area contributed by atoms with E-state index < -0.39 is 20.0 Å². The normalized spacial score (nSPS) is 14.3. The van der Waals surface area contributed by atoms with Crippen molar-refractivity contribution in [2.24, 2.45) is 0 Å². The van der Waals surface area contributed by atoms with Gasteiger partial charge in [-0.3, -0.25) is 13.8 Å². The zero-order chi connectivity index (χ0) is 49.2. The third kappa shape index (κ3) is 52.1. The van der Waals surface area contributed by atoms with E-state index in [1.165, 1.54) is 199 Å². The third-order valence-corrected chi connectivity index (χ3v) is 13.7. The molecular weight excluding hydrogens is 852 g/mol. The van der Waals surface area contributed by atoms with Gasteiger partial charge in [0.25, 0.3) is 0 Å². The molecule has 8 nitrogen and oxygen atoms in total. The van der Waals surface area contributed by atoms with Crippen LogP contribution in [0.1, 0.15) is 264 Å². The number of phosphoric acid groups is 1. The Morgan fingerprint density at radius 3 is 1.19 bits per heavy atom. The Labute approximate surface area is 416 Å². The average molecular weight is 965 g/mol. The summed E-state index contributed by atoms with van der Waals surface area (Å²) in [7, 11) is 1.55. The minimum absolute atomic E-state index is 0.0527. The number of aliphatic hydroxyl groups is 1. The predicted molar refractivity (Wildman–Crippen MR) is 291 cm³/mol. The number of phosphoric ester groups is 1. The standard InChI is InChI=1S/C58H111N2O6P/c1-6-8-10-12-14-16-18-20-22-24-26-28-29-30-31-32-34-36-38-40-42-44-46-48-50-52-58(62)59-56(55-66-67(63,64)65-54-53-60(3,4)5)57(61)51-49-47-45-43-41-39-37-35-33-27-25-23-21-19-17-15-13-11-9-7-2/h30-31,33,35,41,43,49,51,56-57,61H,6-29,32,34,36-40,42,44-48,50,52-55H2,1-5H3,(H-,59,62,63,64)/p+1/b31-30-,35-33+,43-41+,51-49+. The van der Waals surface area contributed by atoms with E-state index in [0.717, 1.165) is 44.9 Å². The number of unbranched alkanes of at least 4 members (excludes halogenated alkanes) is 33. The third-order valence-electron chi connectivity index (χ3n) is 12.7. The summed E-state index contributed by atoms with van der Waals surface area (Å²) in [6, 6.07) is -0.872. The molecular formula is C58H112N2O6P+. The maximum Gasteiger partial charge on any atom is 0.472 e. The molecule has 0 radical (unpaired) electrons. The van der Waals surface area contributed by atoms with E-state index in [4.69, 9.17) is 9.05 Å². The summed E-state index contributed by atoms with van der Waals surface area (Å²) < 4.78 is 23.7. The molecule has 1 amide bonds. The molecule has 0 bridgehead atoms. The Bertz CT molecular complexity index is 1230. The lowest BCUT2D eigenvalue weighted by molar-refractivity contribution is -0.870. The lowest BCUT2D eigenvalue weighted by Gasteiger charge is -2.25. The van der Waals surface area contributed by atoms with Crippen LogP contribution in [0.15, 0.2) is 48.6 Å². The highest BCUT2D eigenvalue weighted by Gasteiger charge is 2.27. The molecule has 0 saturated carbocycles. The van der Waals surface area contributed by atoms with Gasteiger partial charge in [-0.2, -0.15) is 0 Å². The van der Waals surface area contributed by atoms with Gasteiger partial charge in [0.1, 0.15) is 13.2 Å². The Balaban J connectivity index is 4.28. The number of carbonyl (C=O) groups is 1. The van der Waals surface area contributed by atoms with Gasteiger partial charge >= 0.3 is 7.82 Å². The van der Waals surface area contributed by atoms with Gasteiger partial charge in [-0.15, -0.1) is 0 Å². The van der Waals surface area contributed by atoms with E-state index in [2.05, 4.69) is 55.6 Å². The number of aliphatic hydroxyl groups excluding tert-OH is 1. The minimum Gasteiger partial charge on any atom is -0.387 e. The van der Waals surface area contributed by atoms with Crippen molar-refractivity contribution in [2.45, 2.75) is 276 Å². The fraction of sp³-hybridized carbons (Fsp3) is 0.845. The number of hydrogen-bond acceptors (Lipinski definition) is 5. The molecule has 67 heavy (non-hydrogen) atoms. The van der Waals surface area contributed by atoms with Crippen molar-refractivity contribution in [3.8, 4) is 0 Å². The first-order valence-electron chi connectivity index (χ1n) is 28.5. The highest BCUT2D eigenvalue weighted by Crippen LogP contribution is 2.43. The highest BCUT2D eigenvalue weighted by molar-refractivity contribution is 7.47. The van der Waals surface area contributed by atoms with Crippen LogP contribution in [0.2, 0.25) is 0 Å². The molecule has 0 aromatic carbocycles. The van der Waals surface area contributed by atoms with E-state index in [1.54, 1.807) is 6.08 Å². The summed E-state index contributed by atoms with van der Waals surface area (Å²) in [5, 5.41) is 13.9. The number of allylic oxidation sites excluding steroid dienone is 7. The summed E-state index contributed by atoms with van der Waals surface area (Å²) in [5.74, 6) is -0.191. The van der Waals surface area contributed by atoms with E-state index in [9.17, 15) is 19.4 Å². The predicted octanol–water partition coefficient (Wildman–Crippen LogP) is 17.2. The zero-order valence-electron chi connectivity index (χ0n) is 44.9. The zero-order valence-corrected chi connectivity index (χ0v) is 45.8. The molecule has 3 N–H and O–H groups in total. The number of rotatable bonds is 52. The summed E-state index contributed by atoms with van der Waals surface area (Å²) >= 11 is 0. The van der Waals surface area contributed by atoms with Crippen LogP contribution in [0.3, 0.4) is 0 Å². The monoisotopic (exact) mass is 964 g/mol. The van der Waals surface area contributed by atoms with Gasteiger partial charge in [-0.05, 0) is 70.6 Å². The summed E-state index contributed by atoms with van der Waals surface area (Å²) in [6.45, 7) is 4.81. The van der Waals surface area contributed by atoms with E-state index in [1.807, 2.05) is 27.2 Å². The van der Waals surface area contributed by atoms with E-state index in [0.29, 0.717) is 17.4 Å². The lowest BCUT2D eigenvalue weighted by atomic mass is 10.0. The molecule has 0 aromatic heterocycles. The van der Waals surface area contributed by atoms with Crippen molar-refractivity contribution in [3.05, 3.63) is 48.6 Å². The molecule has 9 heteroatoms. The second-order valence-corrected chi connectivity index (χ2v) is 22.1. The highest BCUT2D eigenvalue weighted by atomic mass is 31.2. The maximum absolute atomic E-state index is 13.0. The fourth-order valence-corrected chi connectivity index (χ4v) is 8.98. The van der Waals surface area contributed by atoms with Crippen LogP contribution in [-0.2, 0) is 18.4 Å². The van der Waals surface area contributed by atoms with Crippen molar-refractivity contribution in [1.82, 2.24) is 5.32 Å². The van der Waals surface area contributed by atoms with Crippen molar-refractivity contribution in [3.63, 3.8) is 0 Å². The number of nitrogens with one attached hydrogen (secondary N) is 1. The first kappa shape index (κ1) is 65.5. The number of quaternary nitrogens is 1. The second kappa shape index (κ2) is 49.4. The number of hydrogen-bond donors (Lipinski definition) is 3. The van der Waals surface area contributed by atoms with Crippen LogP contribution < -0.4 is 5.32 Å². The molecule has 0 heterocycles. The van der Waals surface area contributed by atoms with Gasteiger partial charge in [0, 0.05) is 6.42 Å². The molecule has 0 spiro atoms. The molecule has 0 fully saturated rings. The molecule has 0 aliphatic rings. The summed E-state index contributed by atoms with van der Waals surface area (Å²) in [6.07, 6.45) is 65.0. The average Bonchev–Trinajstić information content (AvgIpc) is 3.29. The number of amides is 1. The Kier molecular flexibility index (Phi) is 48.3. The smallest absolute Gasteiger partial charge is 0.387 e. The fourth-order valence-electron chi connectivity index (χ4n) is 8.25. The second-order valence-electron chi connectivity index (χ2n) is 20.6. The first-order valence-corrected chi connectivity index (χ1v) is 30.0. The first-order chi connectivity index (χ1) is 32.5. The number of nitrogens with zero attached hydrogens (tertiary/aromatic N) is 1. The quantitative estimate of drug-likeness (QED) is 0.0243. The van der Waals surface area contributed by atoms with E-state index >= 15 is 0 Å². The van der Waals surface area contributed by atoms with Gasteiger partial charge in [-0.1, -0.05) is 236 Å². The molecule has 3 unspecified atom stereocenters. The van der Waals surface area contributed by atoms with Crippen LogP contribution in [0.25, 0.3) is 0 Å². The van der Waals surface area contributed by atoms with Crippen LogP contribution in [0.5, 0.6) is 0 Å². The van der Waals surface area contributed by atoms with Gasteiger partial charge in [0.2, 0.25) is 5.91 Å². The van der Waals surface area contributed by atoms with Crippen molar-refractivity contribution in [1.29, 1.82) is 0 Å². The Morgan fingerprint density at radius 1 is 0.493 bits per heavy atom. The molecule has 0 aromatic rings. The molecule has 0 saturated heterocycles. The maximum atomic E-state index is 13.0. The van der Waals surface area contributed by atoms with Gasteiger partial charge in [0.15, 0.2) is 0 Å².